The smallest absolute Gasteiger partial charge is 0.272 e. The number of benzene rings is 1. The Morgan fingerprint density at radius 3 is 2.08 bits per heavy atom. The molecule has 9 heteroatoms. The monoisotopic (exact) mass is 544 g/mol. The van der Waals surface area contributed by atoms with E-state index < -0.39 is 0 Å². The number of piperidine rings is 2. The molecule has 0 saturated carbocycles. The van der Waals surface area contributed by atoms with E-state index in [1.807, 2.05) is 25.7 Å². The fourth-order valence-corrected chi connectivity index (χ4v) is 6.25. The Bertz CT molecular complexity index is 1290. The lowest BCUT2D eigenvalue weighted by Crippen LogP contribution is -2.49. The van der Waals surface area contributed by atoms with Crippen molar-refractivity contribution < 1.29 is 4.79 Å². The van der Waals surface area contributed by atoms with E-state index in [4.69, 9.17) is 0 Å². The molecule has 40 heavy (non-hydrogen) atoms. The minimum absolute atomic E-state index is 0.00759. The summed E-state index contributed by atoms with van der Waals surface area (Å²) in [5.41, 5.74) is 3.93. The Balaban J connectivity index is 1.14. The highest BCUT2D eigenvalue weighted by molar-refractivity contribution is 5.94. The number of anilines is 1. The molecule has 0 aliphatic carbocycles. The van der Waals surface area contributed by atoms with Crippen molar-refractivity contribution >= 4 is 11.7 Å². The summed E-state index contributed by atoms with van der Waals surface area (Å²) < 4.78 is 2.30. The van der Waals surface area contributed by atoms with E-state index in [1.165, 1.54) is 17.5 Å². The lowest BCUT2D eigenvalue weighted by atomic mass is 9.87. The van der Waals surface area contributed by atoms with Crippen molar-refractivity contribution in [3.05, 3.63) is 64.6 Å². The van der Waals surface area contributed by atoms with Crippen LogP contribution in [0.2, 0.25) is 0 Å². The van der Waals surface area contributed by atoms with Crippen LogP contribution in [0.4, 0.5) is 5.82 Å². The molecule has 0 bridgehead atoms. The lowest BCUT2D eigenvalue weighted by Gasteiger charge is -2.42. The topological polar surface area (TPSA) is 92.1 Å². The van der Waals surface area contributed by atoms with Crippen LogP contribution in [-0.2, 0) is 12.0 Å². The molecule has 1 amide bonds. The molecule has 2 aromatic heterocycles. The van der Waals surface area contributed by atoms with Gasteiger partial charge in [0.15, 0.2) is 0 Å². The summed E-state index contributed by atoms with van der Waals surface area (Å²) in [6, 6.07) is 9.69. The molecule has 0 atom stereocenters. The number of carbonyl (C=O) groups excluding carboxylic acids is 1. The molecular weight excluding hydrogens is 500 g/mol. The number of amides is 1. The van der Waals surface area contributed by atoms with Crippen LogP contribution in [-0.4, -0.2) is 72.7 Å². The van der Waals surface area contributed by atoms with Crippen molar-refractivity contribution in [2.45, 2.75) is 91.3 Å². The van der Waals surface area contributed by atoms with Gasteiger partial charge in [0, 0.05) is 50.4 Å². The third-order valence-corrected chi connectivity index (χ3v) is 8.74. The molecule has 5 rings (SSSR count). The van der Waals surface area contributed by atoms with Gasteiger partial charge in [0.2, 0.25) is 0 Å². The number of aryl methyl sites for hydroxylation is 2. The minimum Gasteiger partial charge on any atom is -0.366 e. The standard InChI is InChI=1S/C31H44N8O/c1-21-28(33-20-34-29(21)32-19-24-7-9-25(10-8-24)31(4,5)6)30(40)38-17-11-26(12-18-38)37-15-13-27(14-16-37)39-22(2)35-36-23(39)3/h7-10,20,26-27H,11-19H2,1-6H3,(H,32,33,34). The molecule has 2 aliphatic heterocycles. The second kappa shape index (κ2) is 11.6. The van der Waals surface area contributed by atoms with Crippen LogP contribution in [0.3, 0.4) is 0 Å². The first-order valence-electron chi connectivity index (χ1n) is 14.7. The van der Waals surface area contributed by atoms with Gasteiger partial charge < -0.3 is 19.7 Å². The SMILES string of the molecule is Cc1c(NCc2ccc(C(C)(C)C)cc2)ncnc1C(=O)N1CCC(N2CCC(n3c(C)nnc3C)CC2)CC1. The van der Waals surface area contributed by atoms with E-state index in [9.17, 15) is 4.79 Å². The van der Waals surface area contributed by atoms with Gasteiger partial charge in [0.25, 0.3) is 5.91 Å². The third kappa shape index (κ3) is 6.04. The average Bonchev–Trinajstić information content (AvgIpc) is 3.29. The maximum absolute atomic E-state index is 13.5. The van der Waals surface area contributed by atoms with Crippen LogP contribution in [0.25, 0.3) is 0 Å². The van der Waals surface area contributed by atoms with E-state index in [0.29, 0.717) is 24.3 Å². The van der Waals surface area contributed by atoms with Gasteiger partial charge >= 0.3 is 0 Å². The third-order valence-electron chi connectivity index (χ3n) is 8.74. The molecule has 2 aliphatic rings. The number of rotatable bonds is 6. The summed E-state index contributed by atoms with van der Waals surface area (Å²) in [4.78, 5) is 26.9. The molecule has 2 fully saturated rings. The minimum atomic E-state index is 0.00759. The zero-order valence-corrected chi connectivity index (χ0v) is 24.9. The van der Waals surface area contributed by atoms with Crippen molar-refractivity contribution in [2.24, 2.45) is 0 Å². The Labute approximate surface area is 238 Å². The number of likely N-dealkylation sites (tertiary alicyclic amines) is 2. The predicted molar refractivity (Wildman–Crippen MR) is 158 cm³/mol. The Morgan fingerprint density at radius 2 is 1.48 bits per heavy atom. The van der Waals surface area contributed by atoms with E-state index in [0.717, 1.165) is 74.9 Å². The highest BCUT2D eigenvalue weighted by atomic mass is 16.2. The van der Waals surface area contributed by atoms with Crippen LogP contribution in [0, 0.1) is 20.8 Å². The second-order valence-corrected chi connectivity index (χ2v) is 12.5. The molecule has 2 saturated heterocycles. The zero-order chi connectivity index (χ0) is 28.4. The van der Waals surface area contributed by atoms with Crippen molar-refractivity contribution in [3.8, 4) is 0 Å². The lowest BCUT2D eigenvalue weighted by molar-refractivity contribution is 0.0550. The summed E-state index contributed by atoms with van der Waals surface area (Å²) in [6.07, 6.45) is 5.74. The number of aromatic nitrogens is 5. The molecule has 0 spiro atoms. The molecule has 9 nitrogen and oxygen atoms in total. The summed E-state index contributed by atoms with van der Waals surface area (Å²) in [5, 5.41) is 11.9. The molecule has 1 aromatic carbocycles. The fraction of sp³-hybridized carbons (Fsp3) is 0.581. The Hall–Kier alpha value is -3.33. The summed E-state index contributed by atoms with van der Waals surface area (Å²) in [7, 11) is 0. The number of nitrogens with one attached hydrogen (secondary N) is 1. The Kier molecular flexibility index (Phi) is 8.21. The van der Waals surface area contributed by atoms with Crippen molar-refractivity contribution in [3.63, 3.8) is 0 Å². The highest BCUT2D eigenvalue weighted by Crippen LogP contribution is 2.29. The average molecular weight is 545 g/mol. The van der Waals surface area contributed by atoms with E-state index in [1.54, 1.807) is 0 Å². The van der Waals surface area contributed by atoms with Gasteiger partial charge in [-0.2, -0.15) is 0 Å². The molecule has 3 aromatic rings. The van der Waals surface area contributed by atoms with Gasteiger partial charge in [0.1, 0.15) is 29.5 Å². The van der Waals surface area contributed by atoms with Gasteiger partial charge in [-0.3, -0.25) is 4.79 Å². The summed E-state index contributed by atoms with van der Waals surface area (Å²) >= 11 is 0. The molecule has 1 N–H and O–H groups in total. The van der Waals surface area contributed by atoms with Crippen LogP contribution in [0.1, 0.15) is 91.3 Å². The zero-order valence-electron chi connectivity index (χ0n) is 24.9. The number of hydrogen-bond donors (Lipinski definition) is 1. The molecule has 0 radical (unpaired) electrons. The largest absolute Gasteiger partial charge is 0.366 e. The number of nitrogens with zero attached hydrogens (tertiary/aromatic N) is 7. The Morgan fingerprint density at radius 1 is 0.875 bits per heavy atom. The van der Waals surface area contributed by atoms with Crippen molar-refractivity contribution in [1.29, 1.82) is 0 Å². The first-order valence-corrected chi connectivity index (χ1v) is 14.7. The normalized spacial score (nSPS) is 17.8. The van der Waals surface area contributed by atoms with Gasteiger partial charge in [0.05, 0.1) is 0 Å². The number of hydrogen-bond acceptors (Lipinski definition) is 7. The van der Waals surface area contributed by atoms with Crippen LogP contribution >= 0.6 is 0 Å². The van der Waals surface area contributed by atoms with Crippen LogP contribution in [0.5, 0.6) is 0 Å². The maximum Gasteiger partial charge on any atom is 0.272 e. The number of carbonyl (C=O) groups is 1. The van der Waals surface area contributed by atoms with Gasteiger partial charge in [-0.05, 0) is 63.0 Å². The molecule has 4 heterocycles. The maximum atomic E-state index is 13.5. The fourth-order valence-electron chi connectivity index (χ4n) is 6.25. The summed E-state index contributed by atoms with van der Waals surface area (Å²) in [5.74, 6) is 2.74. The van der Waals surface area contributed by atoms with E-state index in [-0.39, 0.29) is 11.3 Å². The summed E-state index contributed by atoms with van der Waals surface area (Å²) in [6.45, 7) is 17.0. The van der Waals surface area contributed by atoms with E-state index in [2.05, 4.69) is 80.0 Å². The van der Waals surface area contributed by atoms with E-state index >= 15 is 0 Å². The quantitative estimate of drug-likeness (QED) is 0.475. The van der Waals surface area contributed by atoms with Crippen molar-refractivity contribution in [2.75, 3.05) is 31.5 Å². The first-order chi connectivity index (χ1) is 19.1. The van der Waals surface area contributed by atoms with Crippen LogP contribution in [0.15, 0.2) is 30.6 Å². The molecule has 214 valence electrons. The van der Waals surface area contributed by atoms with Gasteiger partial charge in [-0.1, -0.05) is 45.0 Å². The predicted octanol–water partition coefficient (Wildman–Crippen LogP) is 4.84. The molecular formula is C31H44N8O. The first kappa shape index (κ1) is 28.2. The second-order valence-electron chi connectivity index (χ2n) is 12.5. The highest BCUT2D eigenvalue weighted by Gasteiger charge is 2.32. The van der Waals surface area contributed by atoms with Gasteiger partial charge in [-0.25, -0.2) is 9.97 Å². The van der Waals surface area contributed by atoms with Crippen molar-refractivity contribution in [1.82, 2.24) is 34.5 Å². The van der Waals surface area contributed by atoms with Crippen LogP contribution < -0.4 is 5.32 Å². The van der Waals surface area contributed by atoms with Gasteiger partial charge in [-0.15, -0.1) is 10.2 Å². The molecule has 0 unspecified atom stereocenters.